The van der Waals surface area contributed by atoms with Crippen LogP contribution in [0, 0.1) is 5.82 Å². The number of halogens is 4. The third-order valence-electron chi connectivity index (χ3n) is 2.85. The van der Waals surface area contributed by atoms with Crippen LogP contribution in [0.15, 0.2) is 40.8 Å². The van der Waals surface area contributed by atoms with Gasteiger partial charge in [-0.05, 0) is 43.3 Å². The molecule has 1 heterocycles. The Hall–Kier alpha value is -2.57. The number of rotatable bonds is 4. The van der Waals surface area contributed by atoms with E-state index in [2.05, 4.69) is 4.74 Å². The van der Waals surface area contributed by atoms with E-state index in [1.807, 2.05) is 0 Å². The molecule has 0 atom stereocenters. The standard InChI is InChI=1S/C16H12F4O3/c1-2-22-15(21)8-5-11-4-7-14(23-11)10-3-6-13(17)12(9-10)16(18,19)20/h3-9H,2H2,1H3/b8-5+. The third kappa shape index (κ3) is 4.21. The maximum atomic E-state index is 13.3. The summed E-state index contributed by atoms with van der Waals surface area (Å²) < 4.78 is 61.4. The van der Waals surface area contributed by atoms with E-state index in [1.165, 1.54) is 24.3 Å². The van der Waals surface area contributed by atoms with Crippen molar-refractivity contribution < 1.29 is 31.5 Å². The van der Waals surface area contributed by atoms with Crippen LogP contribution in [0.1, 0.15) is 18.2 Å². The van der Waals surface area contributed by atoms with Gasteiger partial charge in [0.05, 0.1) is 12.2 Å². The van der Waals surface area contributed by atoms with Gasteiger partial charge in [0.2, 0.25) is 0 Å². The first-order valence-electron chi connectivity index (χ1n) is 6.63. The molecule has 0 aliphatic carbocycles. The van der Waals surface area contributed by atoms with Crippen molar-refractivity contribution in [2.75, 3.05) is 6.61 Å². The molecule has 0 radical (unpaired) electrons. The molecule has 2 aromatic rings. The Morgan fingerprint density at radius 3 is 2.65 bits per heavy atom. The Bertz CT molecular complexity index is 729. The summed E-state index contributed by atoms with van der Waals surface area (Å²) in [7, 11) is 0. The fraction of sp³-hybridized carbons (Fsp3) is 0.188. The lowest BCUT2D eigenvalue weighted by atomic mass is 10.1. The van der Waals surface area contributed by atoms with E-state index in [0.717, 1.165) is 12.1 Å². The molecule has 23 heavy (non-hydrogen) atoms. The number of alkyl halides is 3. The monoisotopic (exact) mass is 328 g/mol. The molecule has 2 rings (SSSR count). The van der Waals surface area contributed by atoms with E-state index in [0.29, 0.717) is 6.07 Å². The van der Waals surface area contributed by atoms with Crippen LogP contribution >= 0.6 is 0 Å². The minimum Gasteiger partial charge on any atom is -0.463 e. The van der Waals surface area contributed by atoms with Crippen molar-refractivity contribution in [1.82, 2.24) is 0 Å². The van der Waals surface area contributed by atoms with Gasteiger partial charge in [0.15, 0.2) is 0 Å². The Kier molecular flexibility index (Phi) is 4.88. The van der Waals surface area contributed by atoms with E-state index < -0.39 is 23.5 Å². The van der Waals surface area contributed by atoms with Gasteiger partial charge in [-0.3, -0.25) is 0 Å². The summed E-state index contributed by atoms with van der Waals surface area (Å²) in [6, 6.07) is 5.49. The molecule has 0 unspecified atom stereocenters. The molecule has 0 amide bonds. The smallest absolute Gasteiger partial charge is 0.419 e. The summed E-state index contributed by atoms with van der Waals surface area (Å²) in [5.74, 6) is -1.54. The fourth-order valence-electron chi connectivity index (χ4n) is 1.83. The van der Waals surface area contributed by atoms with Crippen molar-refractivity contribution in [1.29, 1.82) is 0 Å². The van der Waals surface area contributed by atoms with Crippen LogP contribution in [-0.2, 0) is 15.7 Å². The van der Waals surface area contributed by atoms with Crippen LogP contribution in [0.2, 0.25) is 0 Å². The van der Waals surface area contributed by atoms with Crippen LogP contribution in [-0.4, -0.2) is 12.6 Å². The third-order valence-corrected chi connectivity index (χ3v) is 2.85. The van der Waals surface area contributed by atoms with Gasteiger partial charge >= 0.3 is 12.1 Å². The number of ether oxygens (including phenoxy) is 1. The molecular weight excluding hydrogens is 316 g/mol. The lowest BCUT2D eigenvalue weighted by Gasteiger charge is -2.08. The number of furan rings is 1. The zero-order valence-corrected chi connectivity index (χ0v) is 12.0. The molecule has 1 aromatic heterocycles. The molecule has 1 aromatic carbocycles. The summed E-state index contributed by atoms with van der Waals surface area (Å²) in [6.07, 6.45) is -2.33. The van der Waals surface area contributed by atoms with Crippen molar-refractivity contribution in [3.05, 3.63) is 53.5 Å². The van der Waals surface area contributed by atoms with Gasteiger partial charge in [-0.1, -0.05) is 0 Å². The highest BCUT2D eigenvalue weighted by atomic mass is 19.4. The Morgan fingerprint density at radius 2 is 2.00 bits per heavy atom. The van der Waals surface area contributed by atoms with Crippen molar-refractivity contribution in [3.8, 4) is 11.3 Å². The second kappa shape index (κ2) is 6.68. The number of hydrogen-bond acceptors (Lipinski definition) is 3. The van der Waals surface area contributed by atoms with Crippen LogP contribution < -0.4 is 0 Å². The van der Waals surface area contributed by atoms with E-state index in [-0.39, 0.29) is 23.7 Å². The largest absolute Gasteiger partial charge is 0.463 e. The van der Waals surface area contributed by atoms with Gasteiger partial charge < -0.3 is 9.15 Å². The fourth-order valence-corrected chi connectivity index (χ4v) is 1.83. The van der Waals surface area contributed by atoms with Crippen molar-refractivity contribution in [2.45, 2.75) is 13.1 Å². The summed E-state index contributed by atoms with van der Waals surface area (Å²) in [6.45, 7) is 1.88. The zero-order chi connectivity index (χ0) is 17.0. The van der Waals surface area contributed by atoms with E-state index in [1.54, 1.807) is 6.92 Å². The summed E-state index contributed by atoms with van der Waals surface area (Å²) in [4.78, 5) is 11.2. The van der Waals surface area contributed by atoms with Gasteiger partial charge in [-0.2, -0.15) is 13.2 Å². The highest BCUT2D eigenvalue weighted by Crippen LogP contribution is 2.34. The molecule has 7 heteroatoms. The second-order valence-corrected chi connectivity index (χ2v) is 4.48. The summed E-state index contributed by atoms with van der Waals surface area (Å²) in [5.41, 5.74) is -1.29. The van der Waals surface area contributed by atoms with E-state index >= 15 is 0 Å². The first-order valence-corrected chi connectivity index (χ1v) is 6.63. The SMILES string of the molecule is CCOC(=O)/C=C/c1ccc(-c2ccc(F)c(C(F)(F)F)c2)o1. The molecule has 0 aliphatic rings. The maximum absolute atomic E-state index is 13.3. The lowest BCUT2D eigenvalue weighted by Crippen LogP contribution is -2.08. The predicted molar refractivity (Wildman–Crippen MR) is 74.8 cm³/mol. The molecule has 0 spiro atoms. The topological polar surface area (TPSA) is 39.4 Å². The second-order valence-electron chi connectivity index (χ2n) is 4.48. The van der Waals surface area contributed by atoms with Crippen LogP contribution in [0.5, 0.6) is 0 Å². The predicted octanol–water partition coefficient (Wildman–Crippen LogP) is 4.68. The number of carbonyl (C=O) groups is 1. The molecule has 3 nitrogen and oxygen atoms in total. The average molecular weight is 328 g/mol. The van der Waals surface area contributed by atoms with Crippen LogP contribution in [0.3, 0.4) is 0 Å². The molecule has 0 bridgehead atoms. The number of esters is 1. The Balaban J connectivity index is 2.26. The summed E-state index contributed by atoms with van der Waals surface area (Å²) >= 11 is 0. The Labute approximate surface area is 129 Å². The van der Waals surface area contributed by atoms with Crippen LogP contribution in [0.4, 0.5) is 17.6 Å². The molecule has 122 valence electrons. The number of carbonyl (C=O) groups excluding carboxylic acids is 1. The minimum absolute atomic E-state index is 0.0782. The number of benzene rings is 1. The van der Waals surface area contributed by atoms with Crippen molar-refractivity contribution >= 4 is 12.0 Å². The van der Waals surface area contributed by atoms with Crippen molar-refractivity contribution in [3.63, 3.8) is 0 Å². The van der Waals surface area contributed by atoms with Gasteiger partial charge in [-0.25, -0.2) is 9.18 Å². The van der Waals surface area contributed by atoms with Gasteiger partial charge in [-0.15, -0.1) is 0 Å². The molecule has 0 saturated carbocycles. The average Bonchev–Trinajstić information content (AvgIpc) is 2.93. The number of hydrogen-bond donors (Lipinski definition) is 0. The van der Waals surface area contributed by atoms with Gasteiger partial charge in [0.25, 0.3) is 0 Å². The molecule has 0 aliphatic heterocycles. The Morgan fingerprint density at radius 1 is 1.26 bits per heavy atom. The molecule has 0 saturated heterocycles. The van der Waals surface area contributed by atoms with E-state index in [4.69, 9.17) is 4.42 Å². The summed E-state index contributed by atoms with van der Waals surface area (Å²) in [5, 5.41) is 0. The molecule has 0 fully saturated rings. The molecular formula is C16H12F4O3. The quantitative estimate of drug-likeness (QED) is 0.465. The van der Waals surface area contributed by atoms with E-state index in [9.17, 15) is 22.4 Å². The van der Waals surface area contributed by atoms with Gasteiger partial charge in [0.1, 0.15) is 17.3 Å². The normalized spacial score (nSPS) is 11.9. The minimum atomic E-state index is -4.79. The first kappa shape index (κ1) is 16.8. The van der Waals surface area contributed by atoms with Gasteiger partial charge in [0, 0.05) is 11.6 Å². The molecule has 0 N–H and O–H groups in total. The highest BCUT2D eigenvalue weighted by molar-refractivity contribution is 5.86. The zero-order valence-electron chi connectivity index (χ0n) is 12.0. The van der Waals surface area contributed by atoms with Crippen LogP contribution in [0.25, 0.3) is 17.4 Å². The lowest BCUT2D eigenvalue weighted by molar-refractivity contribution is -0.140. The maximum Gasteiger partial charge on any atom is 0.419 e. The van der Waals surface area contributed by atoms with Crippen molar-refractivity contribution in [2.24, 2.45) is 0 Å². The highest BCUT2D eigenvalue weighted by Gasteiger charge is 2.34. The first-order chi connectivity index (χ1) is 10.8.